The number of para-hydroxylation sites is 2. The van der Waals surface area contributed by atoms with Crippen LogP contribution >= 0.6 is 0 Å². The van der Waals surface area contributed by atoms with Crippen LogP contribution in [0.25, 0.3) is 11.0 Å². The molecule has 0 aliphatic heterocycles. The van der Waals surface area contributed by atoms with E-state index in [2.05, 4.69) is 20.9 Å². The van der Waals surface area contributed by atoms with Gasteiger partial charge in [0, 0.05) is 11.7 Å². The number of rotatable bonds is 5. The van der Waals surface area contributed by atoms with Gasteiger partial charge in [-0.25, -0.2) is 0 Å². The molecule has 0 saturated heterocycles. The molecule has 144 valence electrons. The molecular formula is C21H23N5O2. The fourth-order valence-corrected chi connectivity index (χ4v) is 3.66. The molecule has 0 unspecified atom stereocenters. The molecule has 7 heteroatoms. The zero-order chi connectivity index (χ0) is 19.3. The summed E-state index contributed by atoms with van der Waals surface area (Å²) >= 11 is 0. The summed E-state index contributed by atoms with van der Waals surface area (Å²) in [6.45, 7) is 0.124. The van der Waals surface area contributed by atoms with Gasteiger partial charge in [-0.3, -0.25) is 9.59 Å². The van der Waals surface area contributed by atoms with Crippen LogP contribution in [0.5, 0.6) is 0 Å². The van der Waals surface area contributed by atoms with Crippen molar-refractivity contribution in [1.29, 1.82) is 0 Å². The molecule has 1 fully saturated rings. The number of hydrogen-bond acceptors (Lipinski definition) is 5. The van der Waals surface area contributed by atoms with E-state index >= 15 is 0 Å². The minimum absolute atomic E-state index is 0.0552. The second-order valence-electron chi connectivity index (χ2n) is 7.10. The molecule has 0 bridgehead atoms. The molecule has 2 aromatic carbocycles. The summed E-state index contributed by atoms with van der Waals surface area (Å²) in [6, 6.07) is 14.7. The summed E-state index contributed by atoms with van der Waals surface area (Å²) in [6.07, 6.45) is 5.67. The first-order valence-corrected chi connectivity index (χ1v) is 9.70. The number of anilines is 1. The highest BCUT2D eigenvalue weighted by Crippen LogP contribution is 2.19. The summed E-state index contributed by atoms with van der Waals surface area (Å²) in [5, 5.41) is 14.2. The molecule has 1 aliphatic rings. The van der Waals surface area contributed by atoms with Gasteiger partial charge >= 0.3 is 0 Å². The normalized spacial score (nSPS) is 14.7. The predicted molar refractivity (Wildman–Crippen MR) is 107 cm³/mol. The van der Waals surface area contributed by atoms with Gasteiger partial charge in [-0.2, -0.15) is 4.68 Å². The zero-order valence-corrected chi connectivity index (χ0v) is 15.6. The van der Waals surface area contributed by atoms with E-state index in [-0.39, 0.29) is 24.4 Å². The maximum absolute atomic E-state index is 13.0. The summed E-state index contributed by atoms with van der Waals surface area (Å²) in [5.74, 6) is -0.343. The van der Waals surface area contributed by atoms with Crippen LogP contribution in [0.1, 0.15) is 42.5 Å². The van der Waals surface area contributed by atoms with Crippen molar-refractivity contribution in [2.75, 3.05) is 11.9 Å². The molecule has 0 atom stereocenters. The smallest absolute Gasteiger partial charge is 0.282 e. The van der Waals surface area contributed by atoms with Crippen LogP contribution in [0.3, 0.4) is 0 Å². The fraction of sp³-hybridized carbons (Fsp3) is 0.333. The average Bonchev–Trinajstić information content (AvgIpc) is 3.17. The Hall–Kier alpha value is -3.22. The fourth-order valence-electron chi connectivity index (χ4n) is 3.66. The molecule has 1 aliphatic carbocycles. The summed E-state index contributed by atoms with van der Waals surface area (Å²) < 4.78 is 1.29. The third kappa shape index (κ3) is 3.88. The molecule has 0 spiro atoms. The molecule has 1 heterocycles. The van der Waals surface area contributed by atoms with E-state index in [1.165, 1.54) is 23.9 Å². The Morgan fingerprint density at radius 3 is 2.61 bits per heavy atom. The Balaban J connectivity index is 1.47. The van der Waals surface area contributed by atoms with Gasteiger partial charge in [0.1, 0.15) is 5.52 Å². The molecule has 3 aromatic rings. The van der Waals surface area contributed by atoms with Gasteiger partial charge in [0.2, 0.25) is 5.91 Å². The Bertz CT molecular complexity index is 991. The minimum atomic E-state index is -0.288. The second-order valence-corrected chi connectivity index (χ2v) is 7.10. The lowest BCUT2D eigenvalue weighted by molar-refractivity contribution is -0.120. The Morgan fingerprint density at radius 2 is 1.75 bits per heavy atom. The van der Waals surface area contributed by atoms with Gasteiger partial charge in [0.05, 0.1) is 17.6 Å². The Labute approximate surface area is 163 Å². The number of aromatic nitrogens is 3. The number of hydrogen-bond donors (Lipinski definition) is 2. The monoisotopic (exact) mass is 377 g/mol. The molecule has 1 saturated carbocycles. The van der Waals surface area contributed by atoms with Gasteiger partial charge in [0.25, 0.3) is 5.91 Å². The first kappa shape index (κ1) is 18.2. The minimum Gasteiger partial charge on any atom is -0.376 e. The van der Waals surface area contributed by atoms with Gasteiger partial charge in [-0.15, -0.1) is 5.10 Å². The van der Waals surface area contributed by atoms with Crippen molar-refractivity contribution in [3.8, 4) is 0 Å². The third-order valence-corrected chi connectivity index (χ3v) is 5.11. The van der Waals surface area contributed by atoms with Crippen LogP contribution in [0.4, 0.5) is 5.69 Å². The topological polar surface area (TPSA) is 88.9 Å². The number of nitrogens with one attached hydrogen (secondary N) is 2. The van der Waals surface area contributed by atoms with Crippen LogP contribution in [-0.2, 0) is 4.79 Å². The van der Waals surface area contributed by atoms with Crippen LogP contribution in [-0.4, -0.2) is 39.4 Å². The number of nitrogens with zero attached hydrogens (tertiary/aromatic N) is 3. The van der Waals surface area contributed by atoms with E-state index in [1.54, 1.807) is 24.3 Å². The molecule has 7 nitrogen and oxygen atoms in total. The van der Waals surface area contributed by atoms with E-state index in [0.29, 0.717) is 22.3 Å². The van der Waals surface area contributed by atoms with E-state index < -0.39 is 0 Å². The quantitative estimate of drug-likeness (QED) is 0.714. The van der Waals surface area contributed by atoms with Crippen molar-refractivity contribution in [3.05, 3.63) is 54.1 Å². The summed E-state index contributed by atoms with van der Waals surface area (Å²) in [5.41, 5.74) is 2.36. The SMILES string of the molecule is O=C(CNc1ccccc1C(=O)n1nnc2ccccc21)NC1CCCCC1. The van der Waals surface area contributed by atoms with Crippen LogP contribution < -0.4 is 10.6 Å². The van der Waals surface area contributed by atoms with Crippen molar-refractivity contribution in [2.45, 2.75) is 38.1 Å². The second kappa shape index (κ2) is 8.21. The molecule has 28 heavy (non-hydrogen) atoms. The van der Waals surface area contributed by atoms with Crippen LogP contribution in [0, 0.1) is 0 Å². The number of benzene rings is 2. The van der Waals surface area contributed by atoms with Crippen LogP contribution in [0.2, 0.25) is 0 Å². The zero-order valence-electron chi connectivity index (χ0n) is 15.6. The molecule has 1 amide bonds. The molecule has 4 rings (SSSR count). The number of carbonyl (C=O) groups excluding carboxylic acids is 2. The highest BCUT2D eigenvalue weighted by atomic mass is 16.2. The predicted octanol–water partition coefficient (Wildman–Crippen LogP) is 2.98. The Morgan fingerprint density at radius 1 is 1.00 bits per heavy atom. The lowest BCUT2D eigenvalue weighted by atomic mass is 9.95. The molecule has 0 radical (unpaired) electrons. The van der Waals surface area contributed by atoms with E-state index in [1.807, 2.05) is 24.3 Å². The van der Waals surface area contributed by atoms with Gasteiger partial charge < -0.3 is 10.6 Å². The van der Waals surface area contributed by atoms with Crippen molar-refractivity contribution >= 4 is 28.5 Å². The maximum atomic E-state index is 13.0. The first-order valence-electron chi connectivity index (χ1n) is 9.70. The first-order chi connectivity index (χ1) is 13.7. The highest BCUT2D eigenvalue weighted by molar-refractivity contribution is 6.04. The van der Waals surface area contributed by atoms with Crippen molar-refractivity contribution in [1.82, 2.24) is 20.3 Å². The standard InChI is InChI=1S/C21H23N5O2/c27-20(23-15-8-2-1-3-9-15)14-22-17-11-5-4-10-16(17)21(28)26-19-13-7-6-12-18(19)24-25-26/h4-7,10-13,15,22H,1-3,8-9,14H2,(H,23,27). The number of carbonyl (C=O) groups is 2. The van der Waals surface area contributed by atoms with Gasteiger partial charge in [-0.1, -0.05) is 48.7 Å². The van der Waals surface area contributed by atoms with Crippen molar-refractivity contribution in [2.24, 2.45) is 0 Å². The molecular weight excluding hydrogens is 354 g/mol. The Kier molecular flexibility index (Phi) is 5.32. The lowest BCUT2D eigenvalue weighted by Gasteiger charge is -2.23. The maximum Gasteiger partial charge on any atom is 0.282 e. The lowest BCUT2D eigenvalue weighted by Crippen LogP contribution is -2.39. The van der Waals surface area contributed by atoms with E-state index in [9.17, 15) is 9.59 Å². The van der Waals surface area contributed by atoms with Crippen molar-refractivity contribution < 1.29 is 9.59 Å². The van der Waals surface area contributed by atoms with E-state index in [0.717, 1.165) is 12.8 Å². The largest absolute Gasteiger partial charge is 0.376 e. The highest BCUT2D eigenvalue weighted by Gasteiger charge is 2.19. The molecule has 2 N–H and O–H groups in total. The van der Waals surface area contributed by atoms with E-state index in [4.69, 9.17) is 0 Å². The third-order valence-electron chi connectivity index (χ3n) is 5.11. The summed E-state index contributed by atoms with van der Waals surface area (Å²) in [7, 11) is 0. The van der Waals surface area contributed by atoms with Crippen LogP contribution in [0.15, 0.2) is 48.5 Å². The number of amides is 1. The van der Waals surface area contributed by atoms with Crippen molar-refractivity contribution in [3.63, 3.8) is 0 Å². The number of fused-ring (bicyclic) bond motifs is 1. The molecule has 1 aromatic heterocycles. The van der Waals surface area contributed by atoms with Gasteiger partial charge in [-0.05, 0) is 37.1 Å². The average molecular weight is 377 g/mol. The summed E-state index contributed by atoms with van der Waals surface area (Å²) in [4.78, 5) is 25.3. The van der Waals surface area contributed by atoms with Gasteiger partial charge in [0.15, 0.2) is 0 Å².